The second kappa shape index (κ2) is 5.82. The maximum atomic E-state index is 11.0. The number of nitrogens with zero attached hydrogens (tertiary/aromatic N) is 2. The average molecular weight is 320 g/mol. The lowest BCUT2D eigenvalue weighted by atomic mass is 10.1. The molecule has 3 aromatic rings. The van der Waals surface area contributed by atoms with Gasteiger partial charge in [-0.15, -0.1) is 0 Å². The van der Waals surface area contributed by atoms with Crippen molar-refractivity contribution in [3.05, 3.63) is 66.0 Å². The molecular weight excluding hydrogens is 308 g/mol. The summed E-state index contributed by atoms with van der Waals surface area (Å²) in [4.78, 5) is 11.0. The van der Waals surface area contributed by atoms with Crippen molar-refractivity contribution in [3.63, 3.8) is 0 Å². The summed E-state index contributed by atoms with van der Waals surface area (Å²) in [5.41, 5.74) is 2.01. The lowest BCUT2D eigenvalue weighted by Gasteiger charge is -2.05. The molecule has 0 aliphatic rings. The summed E-state index contributed by atoms with van der Waals surface area (Å²) in [7, 11) is 0. The van der Waals surface area contributed by atoms with Crippen molar-refractivity contribution in [1.29, 1.82) is 5.26 Å². The van der Waals surface area contributed by atoms with Gasteiger partial charge in [-0.05, 0) is 29.8 Å². The number of carbonyl (C=O) groups is 1. The highest BCUT2D eigenvalue weighted by atomic mass is 16.4. The summed E-state index contributed by atoms with van der Waals surface area (Å²) in [5, 5.41) is 37.7. The fraction of sp³-hybridized carbons (Fsp3) is 0. The molecule has 0 saturated heterocycles. The van der Waals surface area contributed by atoms with Crippen LogP contribution in [0.15, 0.2) is 54.9 Å². The van der Waals surface area contributed by atoms with Crippen LogP contribution in [0.1, 0.15) is 15.9 Å². The highest BCUT2D eigenvalue weighted by Gasteiger charge is 2.13. The number of carboxylic acids is 1. The minimum atomic E-state index is -1.22. The fourth-order valence-corrected chi connectivity index (χ4v) is 2.46. The van der Waals surface area contributed by atoms with Crippen LogP contribution in [0, 0.1) is 11.3 Å². The molecule has 24 heavy (non-hydrogen) atoms. The van der Waals surface area contributed by atoms with Crippen molar-refractivity contribution >= 4 is 5.97 Å². The first-order valence-electron chi connectivity index (χ1n) is 6.98. The van der Waals surface area contributed by atoms with Crippen LogP contribution in [-0.4, -0.2) is 25.9 Å². The second-order valence-corrected chi connectivity index (χ2v) is 5.16. The molecular formula is C18H12N2O4. The van der Waals surface area contributed by atoms with E-state index < -0.39 is 5.97 Å². The van der Waals surface area contributed by atoms with Crippen molar-refractivity contribution in [1.82, 2.24) is 4.57 Å². The molecule has 1 heterocycles. The number of phenolic OH excluding ortho intramolecular Hbond substituents is 1. The summed E-state index contributed by atoms with van der Waals surface area (Å²) in [5.74, 6) is -1.48. The van der Waals surface area contributed by atoms with Crippen LogP contribution in [-0.2, 0) is 0 Å². The summed E-state index contributed by atoms with van der Waals surface area (Å²) in [6.07, 6.45) is 3.26. The van der Waals surface area contributed by atoms with Crippen LogP contribution in [0.4, 0.5) is 0 Å². The number of aromatic hydroxyl groups is 2. The molecule has 0 spiro atoms. The van der Waals surface area contributed by atoms with Crippen LogP contribution in [0.5, 0.6) is 11.5 Å². The van der Waals surface area contributed by atoms with Gasteiger partial charge in [0.15, 0.2) is 0 Å². The number of benzene rings is 2. The smallest absolute Gasteiger partial charge is 0.339 e. The van der Waals surface area contributed by atoms with Gasteiger partial charge in [-0.25, -0.2) is 4.79 Å². The number of hydrogen-bond acceptors (Lipinski definition) is 4. The van der Waals surface area contributed by atoms with Crippen molar-refractivity contribution < 1.29 is 20.1 Å². The van der Waals surface area contributed by atoms with E-state index in [2.05, 4.69) is 6.07 Å². The number of rotatable bonds is 3. The lowest BCUT2D eigenvalue weighted by molar-refractivity contribution is 0.0693. The first-order valence-corrected chi connectivity index (χ1v) is 6.98. The zero-order valence-electron chi connectivity index (χ0n) is 12.3. The van der Waals surface area contributed by atoms with Gasteiger partial charge in [0.2, 0.25) is 0 Å². The van der Waals surface area contributed by atoms with Crippen LogP contribution in [0.2, 0.25) is 0 Å². The average Bonchev–Trinajstić information content (AvgIpc) is 2.98. The second-order valence-electron chi connectivity index (χ2n) is 5.16. The third-order valence-electron chi connectivity index (χ3n) is 3.61. The fourth-order valence-electron chi connectivity index (χ4n) is 2.46. The van der Waals surface area contributed by atoms with E-state index in [1.807, 2.05) is 0 Å². The Morgan fingerprint density at radius 1 is 1.08 bits per heavy atom. The molecule has 0 fully saturated rings. The number of aromatic nitrogens is 1. The highest BCUT2D eigenvalue weighted by molar-refractivity contribution is 5.91. The number of hydrogen-bond donors (Lipinski definition) is 3. The molecule has 0 bridgehead atoms. The molecule has 0 atom stereocenters. The molecule has 0 unspecified atom stereocenters. The van der Waals surface area contributed by atoms with Crippen molar-refractivity contribution in [2.45, 2.75) is 0 Å². The first kappa shape index (κ1) is 15.2. The normalized spacial score (nSPS) is 10.3. The molecule has 0 saturated carbocycles. The van der Waals surface area contributed by atoms with Gasteiger partial charge in [0.05, 0.1) is 5.56 Å². The Kier molecular flexibility index (Phi) is 3.68. The standard InChI is InChI=1S/C18H12N2O4/c19-8-12-9-20(10-16(12)11-2-1-3-14(21)6-11)13-4-5-15(18(23)24)17(22)7-13/h1-7,9-10,21-22H,(H,23,24). The van der Waals surface area contributed by atoms with Crippen LogP contribution in [0.3, 0.4) is 0 Å². The molecule has 118 valence electrons. The van der Waals surface area contributed by atoms with Crippen molar-refractivity contribution in [3.8, 4) is 34.4 Å². The van der Waals surface area contributed by atoms with Crippen LogP contribution in [0.25, 0.3) is 16.8 Å². The summed E-state index contributed by atoms with van der Waals surface area (Å²) >= 11 is 0. The molecule has 0 aliphatic heterocycles. The Balaban J connectivity index is 2.10. The Morgan fingerprint density at radius 3 is 2.50 bits per heavy atom. The molecule has 0 radical (unpaired) electrons. The van der Waals surface area contributed by atoms with E-state index in [0.29, 0.717) is 22.4 Å². The summed E-state index contributed by atoms with van der Waals surface area (Å²) < 4.78 is 1.61. The van der Waals surface area contributed by atoms with Gasteiger partial charge >= 0.3 is 5.97 Å². The Bertz CT molecular complexity index is 983. The van der Waals surface area contributed by atoms with Crippen LogP contribution >= 0.6 is 0 Å². The Labute approximate surface area is 137 Å². The van der Waals surface area contributed by atoms with Gasteiger partial charge in [-0.3, -0.25) is 0 Å². The quantitative estimate of drug-likeness (QED) is 0.687. The van der Waals surface area contributed by atoms with Gasteiger partial charge in [-0.2, -0.15) is 5.26 Å². The molecule has 3 rings (SSSR count). The van der Waals surface area contributed by atoms with E-state index in [4.69, 9.17) is 5.11 Å². The van der Waals surface area contributed by atoms with Gasteiger partial charge in [-0.1, -0.05) is 12.1 Å². The van der Waals surface area contributed by atoms with E-state index in [0.717, 1.165) is 0 Å². The van der Waals surface area contributed by atoms with Gasteiger partial charge in [0.1, 0.15) is 23.1 Å². The van der Waals surface area contributed by atoms with Gasteiger partial charge in [0.25, 0.3) is 0 Å². The minimum absolute atomic E-state index is 0.0904. The molecule has 1 aromatic heterocycles. The van der Waals surface area contributed by atoms with E-state index in [1.165, 1.54) is 24.3 Å². The predicted octanol–water partition coefficient (Wildman–Crippen LogP) is 3.13. The third-order valence-corrected chi connectivity index (χ3v) is 3.61. The van der Waals surface area contributed by atoms with Gasteiger partial charge in [0, 0.05) is 29.7 Å². The van der Waals surface area contributed by atoms with Crippen molar-refractivity contribution in [2.24, 2.45) is 0 Å². The molecule has 0 aliphatic carbocycles. The largest absolute Gasteiger partial charge is 0.508 e. The Morgan fingerprint density at radius 2 is 1.88 bits per heavy atom. The van der Waals surface area contributed by atoms with E-state index in [9.17, 15) is 20.3 Å². The monoisotopic (exact) mass is 320 g/mol. The summed E-state index contributed by atoms with van der Waals surface area (Å²) in [6.45, 7) is 0. The third kappa shape index (κ3) is 2.66. The highest BCUT2D eigenvalue weighted by Crippen LogP contribution is 2.29. The first-order chi connectivity index (χ1) is 11.5. The number of aromatic carboxylic acids is 1. The number of carboxylic acid groups (broad SMARTS) is 1. The topological polar surface area (TPSA) is 106 Å². The number of nitriles is 1. The van der Waals surface area contributed by atoms with E-state index >= 15 is 0 Å². The predicted molar refractivity (Wildman–Crippen MR) is 86.2 cm³/mol. The molecule has 3 N–H and O–H groups in total. The molecule has 6 nitrogen and oxygen atoms in total. The number of phenols is 2. The minimum Gasteiger partial charge on any atom is -0.508 e. The van der Waals surface area contributed by atoms with E-state index in [1.54, 1.807) is 35.2 Å². The molecule has 2 aromatic carbocycles. The van der Waals surface area contributed by atoms with E-state index in [-0.39, 0.29) is 17.1 Å². The van der Waals surface area contributed by atoms with Crippen LogP contribution < -0.4 is 0 Å². The lowest BCUT2D eigenvalue weighted by Crippen LogP contribution is -1.98. The van der Waals surface area contributed by atoms with Gasteiger partial charge < -0.3 is 19.9 Å². The zero-order chi connectivity index (χ0) is 17.3. The maximum Gasteiger partial charge on any atom is 0.339 e. The summed E-state index contributed by atoms with van der Waals surface area (Å²) in [6, 6.07) is 12.8. The van der Waals surface area contributed by atoms with Crippen molar-refractivity contribution in [2.75, 3.05) is 0 Å². The SMILES string of the molecule is N#Cc1cn(-c2ccc(C(=O)O)c(O)c2)cc1-c1cccc(O)c1. The maximum absolute atomic E-state index is 11.0. The Hall–Kier alpha value is -3.72. The molecule has 0 amide bonds. The molecule has 6 heteroatoms. The zero-order valence-corrected chi connectivity index (χ0v) is 12.3.